The molecule has 0 spiro atoms. The molecule has 2 nitrogen and oxygen atoms in total. The minimum atomic E-state index is 0.544. The average Bonchev–Trinajstić information content (AvgIpc) is 2.25. The summed E-state index contributed by atoms with van der Waals surface area (Å²) in [5.41, 5.74) is 1.44. The molecule has 0 rings (SSSR count). The number of unbranched alkanes of at least 4 members (excludes halogenated alkanes) is 3. The smallest absolute Gasteiger partial charge is 0.0441 e. The standard InChI is InChI=1S/C13H25NO/c1-4-6-7-8-9-12(3)13(5-2)10-11-14-15/h9,11,13,15H,4-8,10H2,1-3H3. The van der Waals surface area contributed by atoms with Crippen LogP contribution in [0.3, 0.4) is 0 Å². The molecular formula is C13H25NO. The highest BCUT2D eigenvalue weighted by Crippen LogP contribution is 2.18. The molecule has 0 heterocycles. The molecule has 2 heteroatoms. The zero-order valence-electron chi connectivity index (χ0n) is 10.4. The Morgan fingerprint density at radius 1 is 1.33 bits per heavy atom. The molecule has 0 aliphatic carbocycles. The van der Waals surface area contributed by atoms with Crippen molar-refractivity contribution in [1.82, 2.24) is 0 Å². The molecule has 0 bridgehead atoms. The summed E-state index contributed by atoms with van der Waals surface area (Å²) in [6.07, 6.45) is 11.0. The van der Waals surface area contributed by atoms with Gasteiger partial charge in [-0.15, -0.1) is 5.16 Å². The van der Waals surface area contributed by atoms with Gasteiger partial charge in [-0.2, -0.15) is 0 Å². The summed E-state index contributed by atoms with van der Waals surface area (Å²) in [7, 11) is 0. The van der Waals surface area contributed by atoms with Crippen molar-refractivity contribution in [3.05, 3.63) is 11.6 Å². The highest BCUT2D eigenvalue weighted by molar-refractivity contribution is 5.57. The van der Waals surface area contributed by atoms with E-state index >= 15 is 0 Å². The Labute approximate surface area is 94.1 Å². The van der Waals surface area contributed by atoms with E-state index in [0.29, 0.717) is 5.92 Å². The van der Waals surface area contributed by atoms with Gasteiger partial charge >= 0.3 is 0 Å². The monoisotopic (exact) mass is 211 g/mol. The largest absolute Gasteiger partial charge is 0.411 e. The van der Waals surface area contributed by atoms with E-state index in [1.165, 1.54) is 31.3 Å². The highest BCUT2D eigenvalue weighted by atomic mass is 16.4. The van der Waals surface area contributed by atoms with Crippen LogP contribution in [-0.2, 0) is 0 Å². The Morgan fingerprint density at radius 2 is 2.07 bits per heavy atom. The van der Waals surface area contributed by atoms with Crippen molar-refractivity contribution in [1.29, 1.82) is 0 Å². The number of oxime groups is 1. The van der Waals surface area contributed by atoms with Crippen LogP contribution in [0.15, 0.2) is 16.8 Å². The lowest BCUT2D eigenvalue weighted by molar-refractivity contribution is 0.319. The van der Waals surface area contributed by atoms with Crippen LogP contribution < -0.4 is 0 Å². The SMILES string of the molecule is CCCCCC=C(C)C(CC)CC=NO. The van der Waals surface area contributed by atoms with E-state index in [0.717, 1.165) is 12.8 Å². The summed E-state index contributed by atoms with van der Waals surface area (Å²) in [5.74, 6) is 0.544. The maximum absolute atomic E-state index is 8.39. The molecule has 0 amide bonds. The zero-order valence-corrected chi connectivity index (χ0v) is 10.4. The van der Waals surface area contributed by atoms with Gasteiger partial charge in [0.1, 0.15) is 0 Å². The molecular weight excluding hydrogens is 186 g/mol. The first kappa shape index (κ1) is 14.2. The van der Waals surface area contributed by atoms with Gasteiger partial charge in [0, 0.05) is 6.21 Å². The predicted molar refractivity (Wildman–Crippen MR) is 66.6 cm³/mol. The van der Waals surface area contributed by atoms with Gasteiger partial charge in [0.25, 0.3) is 0 Å². The molecule has 0 saturated carbocycles. The Balaban J connectivity index is 3.94. The maximum Gasteiger partial charge on any atom is 0.0441 e. The summed E-state index contributed by atoms with van der Waals surface area (Å²) < 4.78 is 0. The third-order valence-electron chi connectivity index (χ3n) is 2.88. The molecule has 1 unspecified atom stereocenters. The second-order valence-corrected chi connectivity index (χ2v) is 4.08. The van der Waals surface area contributed by atoms with Crippen LogP contribution in [0.1, 0.15) is 59.3 Å². The van der Waals surface area contributed by atoms with Crippen LogP contribution >= 0.6 is 0 Å². The number of rotatable bonds is 8. The van der Waals surface area contributed by atoms with Crippen LogP contribution in [0.4, 0.5) is 0 Å². The second kappa shape index (κ2) is 9.75. The highest BCUT2D eigenvalue weighted by Gasteiger charge is 2.06. The first-order valence-corrected chi connectivity index (χ1v) is 6.08. The van der Waals surface area contributed by atoms with Crippen LogP contribution in [0.25, 0.3) is 0 Å². The van der Waals surface area contributed by atoms with E-state index in [1.807, 2.05) is 0 Å². The fourth-order valence-electron chi connectivity index (χ4n) is 1.74. The topological polar surface area (TPSA) is 32.6 Å². The maximum atomic E-state index is 8.39. The van der Waals surface area contributed by atoms with E-state index in [4.69, 9.17) is 5.21 Å². The van der Waals surface area contributed by atoms with Crippen molar-refractivity contribution in [2.75, 3.05) is 0 Å². The lowest BCUT2D eigenvalue weighted by Crippen LogP contribution is -2.01. The van der Waals surface area contributed by atoms with Gasteiger partial charge in [-0.3, -0.25) is 0 Å². The fraction of sp³-hybridized carbons (Fsp3) is 0.769. The number of hydrogen-bond donors (Lipinski definition) is 1. The molecule has 1 N–H and O–H groups in total. The Bertz CT molecular complexity index is 197. The van der Waals surface area contributed by atoms with Gasteiger partial charge in [-0.05, 0) is 38.5 Å². The van der Waals surface area contributed by atoms with Crippen molar-refractivity contribution >= 4 is 6.21 Å². The van der Waals surface area contributed by atoms with Crippen molar-refractivity contribution in [3.63, 3.8) is 0 Å². The Morgan fingerprint density at radius 3 is 2.60 bits per heavy atom. The summed E-state index contributed by atoms with van der Waals surface area (Å²) >= 11 is 0. The summed E-state index contributed by atoms with van der Waals surface area (Å²) in [6, 6.07) is 0. The number of nitrogens with zero attached hydrogens (tertiary/aromatic N) is 1. The third kappa shape index (κ3) is 7.18. The van der Waals surface area contributed by atoms with Crippen LogP contribution in [-0.4, -0.2) is 11.4 Å². The lowest BCUT2D eigenvalue weighted by atomic mass is 9.93. The minimum absolute atomic E-state index is 0.544. The Kier molecular flexibility index (Phi) is 9.24. The van der Waals surface area contributed by atoms with Gasteiger partial charge < -0.3 is 5.21 Å². The molecule has 0 aliphatic rings. The van der Waals surface area contributed by atoms with Crippen molar-refractivity contribution in [2.24, 2.45) is 11.1 Å². The van der Waals surface area contributed by atoms with E-state index in [-0.39, 0.29) is 0 Å². The fourth-order valence-corrected chi connectivity index (χ4v) is 1.74. The molecule has 0 aromatic carbocycles. The predicted octanol–water partition coefficient (Wildman–Crippen LogP) is 4.39. The van der Waals surface area contributed by atoms with E-state index < -0.39 is 0 Å². The van der Waals surface area contributed by atoms with Crippen molar-refractivity contribution in [3.8, 4) is 0 Å². The quantitative estimate of drug-likeness (QED) is 0.209. The van der Waals surface area contributed by atoms with Gasteiger partial charge in [-0.1, -0.05) is 38.3 Å². The summed E-state index contributed by atoms with van der Waals surface area (Å²) in [5, 5.41) is 11.5. The molecule has 0 saturated heterocycles. The molecule has 0 aromatic rings. The van der Waals surface area contributed by atoms with Gasteiger partial charge in [0.15, 0.2) is 0 Å². The number of allylic oxidation sites excluding steroid dienone is 2. The third-order valence-corrected chi connectivity index (χ3v) is 2.88. The first-order chi connectivity index (χ1) is 7.26. The van der Waals surface area contributed by atoms with Gasteiger partial charge in [0.05, 0.1) is 0 Å². The van der Waals surface area contributed by atoms with Crippen LogP contribution in [0.2, 0.25) is 0 Å². The molecule has 0 aromatic heterocycles. The van der Waals surface area contributed by atoms with Crippen molar-refractivity contribution < 1.29 is 5.21 Å². The lowest BCUT2D eigenvalue weighted by Gasteiger charge is -2.12. The Hall–Kier alpha value is -0.790. The van der Waals surface area contributed by atoms with Gasteiger partial charge in [-0.25, -0.2) is 0 Å². The zero-order chi connectivity index (χ0) is 11.5. The summed E-state index contributed by atoms with van der Waals surface area (Å²) in [4.78, 5) is 0. The molecule has 15 heavy (non-hydrogen) atoms. The van der Waals surface area contributed by atoms with E-state index in [9.17, 15) is 0 Å². The van der Waals surface area contributed by atoms with Crippen LogP contribution in [0.5, 0.6) is 0 Å². The summed E-state index contributed by atoms with van der Waals surface area (Å²) in [6.45, 7) is 6.59. The molecule has 0 radical (unpaired) electrons. The second-order valence-electron chi connectivity index (χ2n) is 4.08. The normalized spacial score (nSPS) is 14.7. The first-order valence-electron chi connectivity index (χ1n) is 6.08. The van der Waals surface area contributed by atoms with Crippen LogP contribution in [0, 0.1) is 5.92 Å². The van der Waals surface area contributed by atoms with E-state index in [2.05, 4.69) is 32.0 Å². The van der Waals surface area contributed by atoms with Gasteiger partial charge in [0.2, 0.25) is 0 Å². The van der Waals surface area contributed by atoms with Crippen molar-refractivity contribution in [2.45, 2.75) is 59.3 Å². The molecule has 1 atom stereocenters. The number of hydrogen-bond acceptors (Lipinski definition) is 2. The minimum Gasteiger partial charge on any atom is -0.411 e. The molecule has 88 valence electrons. The van der Waals surface area contributed by atoms with E-state index in [1.54, 1.807) is 6.21 Å². The molecule has 0 aliphatic heterocycles. The molecule has 0 fully saturated rings. The average molecular weight is 211 g/mol.